The molecule has 5 aromatic rings. The number of halogens is 15. The summed E-state index contributed by atoms with van der Waals surface area (Å²) in [7, 11) is 0. The number of aryl methyl sites for hydroxylation is 1. The molecule has 0 bridgehead atoms. The Kier molecular flexibility index (Phi) is 9.64. The molecule has 5 aromatic carbocycles. The zero-order chi connectivity index (χ0) is 37.0. The molecule has 0 N–H and O–H groups in total. The van der Waals surface area contributed by atoms with E-state index in [0.717, 1.165) is 12.1 Å². The van der Waals surface area contributed by atoms with E-state index < -0.39 is 115 Å². The molecule has 0 spiro atoms. The minimum Gasteiger partial charge on any atom is -0.273 e. The van der Waals surface area contributed by atoms with Crippen LogP contribution in [-0.2, 0) is 17.3 Å². The second kappa shape index (κ2) is 13.2. The van der Waals surface area contributed by atoms with Gasteiger partial charge in [-0.25, -0.2) is 43.9 Å². The Morgan fingerprint density at radius 3 is 1.40 bits per heavy atom. The largest absolute Gasteiger partial charge is 0.445 e. The normalized spacial score (nSPS) is 13.0. The zero-order valence-corrected chi connectivity index (χ0v) is 24.8. The van der Waals surface area contributed by atoms with Crippen molar-refractivity contribution in [2.45, 2.75) is 38.4 Å². The fourth-order valence-corrected chi connectivity index (χ4v) is 5.41. The molecule has 16 heteroatoms. The van der Waals surface area contributed by atoms with E-state index in [4.69, 9.17) is 0 Å². The molecule has 1 atom stereocenters. The Labute approximate surface area is 271 Å². The van der Waals surface area contributed by atoms with Gasteiger partial charge in [-0.1, -0.05) is 19.4 Å². The van der Waals surface area contributed by atoms with Crippen LogP contribution in [0.25, 0.3) is 44.2 Å². The Morgan fingerprint density at radius 2 is 0.960 bits per heavy atom. The first-order chi connectivity index (χ1) is 23.2. The molecule has 0 amide bonds. The highest BCUT2D eigenvalue weighted by molar-refractivity contribution is 5.90. The van der Waals surface area contributed by atoms with E-state index in [2.05, 4.69) is 4.74 Å². The summed E-state index contributed by atoms with van der Waals surface area (Å²) in [4.78, 5) is 0. The Hall–Kier alpha value is -4.73. The smallest absolute Gasteiger partial charge is 0.273 e. The molecule has 0 aromatic heterocycles. The number of fused-ring (bicyclic) bond motifs is 1. The SMILES string of the molecule is CCCc1cc(F)c2c(F)c(-c3cc(F)c(-c4cc(F)c(-c5cc(F)c(C(F)(F)OC(F)C(F)(F)F)c(F)c5)c(F)c4)c(F)c3)c(F)cc2c1. The highest BCUT2D eigenvalue weighted by atomic mass is 19.4. The molecule has 1 unspecified atom stereocenters. The van der Waals surface area contributed by atoms with Crippen molar-refractivity contribution in [2.24, 2.45) is 0 Å². The van der Waals surface area contributed by atoms with Crippen LogP contribution in [0.4, 0.5) is 65.9 Å². The second-order valence-electron chi connectivity index (χ2n) is 10.9. The number of alkyl halides is 6. The van der Waals surface area contributed by atoms with Crippen molar-refractivity contribution in [3.8, 4) is 33.4 Å². The van der Waals surface area contributed by atoms with Gasteiger partial charge in [-0.15, -0.1) is 0 Å². The van der Waals surface area contributed by atoms with Gasteiger partial charge in [0.25, 0.3) is 6.36 Å². The Balaban J connectivity index is 1.54. The lowest BCUT2D eigenvalue weighted by atomic mass is 9.93. The number of hydrogen-bond donors (Lipinski definition) is 0. The summed E-state index contributed by atoms with van der Waals surface area (Å²) < 4.78 is 216. The molecule has 5 rings (SSSR count). The molecule has 50 heavy (non-hydrogen) atoms. The van der Waals surface area contributed by atoms with E-state index in [1.807, 2.05) is 0 Å². The van der Waals surface area contributed by atoms with Gasteiger partial charge in [0, 0.05) is 0 Å². The van der Waals surface area contributed by atoms with Crippen LogP contribution in [0.3, 0.4) is 0 Å². The molecule has 0 saturated heterocycles. The summed E-state index contributed by atoms with van der Waals surface area (Å²) in [5.74, 6) is -15.5. The fourth-order valence-electron chi connectivity index (χ4n) is 5.41. The molecule has 0 aliphatic heterocycles. The maximum Gasteiger partial charge on any atom is 0.445 e. The number of rotatable bonds is 8. The van der Waals surface area contributed by atoms with Crippen molar-refractivity contribution >= 4 is 10.8 Å². The van der Waals surface area contributed by atoms with Gasteiger partial charge in [0.1, 0.15) is 57.9 Å². The minimum atomic E-state index is -6.01. The number of hydrogen-bond acceptors (Lipinski definition) is 1. The van der Waals surface area contributed by atoms with Crippen LogP contribution in [0.1, 0.15) is 24.5 Å². The van der Waals surface area contributed by atoms with Gasteiger partial charge in [-0.3, -0.25) is 4.74 Å². The molecule has 0 aliphatic carbocycles. The predicted octanol–water partition coefficient (Wildman–Crippen LogP) is 12.0. The molecule has 0 heterocycles. The summed E-state index contributed by atoms with van der Waals surface area (Å²) in [5, 5.41) is -0.835. The van der Waals surface area contributed by atoms with Gasteiger partial charge in [-0.2, -0.15) is 22.0 Å². The van der Waals surface area contributed by atoms with Gasteiger partial charge in [-0.05, 0) is 82.6 Å². The lowest BCUT2D eigenvalue weighted by Gasteiger charge is -2.22. The molecular formula is C34H17F15O. The quantitative estimate of drug-likeness (QED) is 0.145. The van der Waals surface area contributed by atoms with Crippen LogP contribution < -0.4 is 0 Å². The maximum absolute atomic E-state index is 15.5. The third-order valence-corrected chi connectivity index (χ3v) is 7.47. The van der Waals surface area contributed by atoms with Gasteiger partial charge in [0.15, 0.2) is 0 Å². The first kappa shape index (κ1) is 36.5. The molecule has 0 radical (unpaired) electrons. The monoisotopic (exact) mass is 726 g/mol. The van der Waals surface area contributed by atoms with Gasteiger partial charge >= 0.3 is 12.3 Å². The highest BCUT2D eigenvalue weighted by Gasteiger charge is 2.51. The summed E-state index contributed by atoms with van der Waals surface area (Å²) in [6.45, 7) is 1.79. The number of ether oxygens (including phenoxy) is 1. The third-order valence-electron chi connectivity index (χ3n) is 7.47. The summed E-state index contributed by atoms with van der Waals surface area (Å²) in [5.41, 5.74) is -8.47. The van der Waals surface area contributed by atoms with Gasteiger partial charge < -0.3 is 0 Å². The first-order valence-corrected chi connectivity index (χ1v) is 14.1. The van der Waals surface area contributed by atoms with Gasteiger partial charge in [0.2, 0.25) is 0 Å². The van der Waals surface area contributed by atoms with Crippen LogP contribution >= 0.6 is 0 Å². The van der Waals surface area contributed by atoms with Crippen molar-refractivity contribution < 1.29 is 70.6 Å². The van der Waals surface area contributed by atoms with Crippen molar-refractivity contribution in [1.29, 1.82) is 0 Å². The van der Waals surface area contributed by atoms with Crippen LogP contribution in [0.15, 0.2) is 54.6 Å². The predicted molar refractivity (Wildman–Crippen MR) is 150 cm³/mol. The average Bonchev–Trinajstić information content (AvgIpc) is 2.95. The van der Waals surface area contributed by atoms with E-state index >= 15 is 26.3 Å². The average molecular weight is 726 g/mol. The first-order valence-electron chi connectivity index (χ1n) is 14.1. The summed E-state index contributed by atoms with van der Waals surface area (Å²) in [6.07, 6.45) is -15.3. The third kappa shape index (κ3) is 6.72. The van der Waals surface area contributed by atoms with Crippen molar-refractivity contribution in [1.82, 2.24) is 0 Å². The standard InChI is InChI=1S/C34H17F15O/c1-2-3-13-4-14-6-23(40)29(31(43)28(14)18(35)5-13)17-9-21(38)26(22(39)10-17)15-7-19(36)27(20(37)8-15)16-11-24(41)30(25(42)12-16)34(48,49)50-32(44)33(45,46)47/h4-12,32H,2-3H2,1H3. The van der Waals surface area contributed by atoms with E-state index in [9.17, 15) is 39.5 Å². The maximum atomic E-state index is 15.5. The van der Waals surface area contributed by atoms with Crippen molar-refractivity contribution in [2.75, 3.05) is 0 Å². The van der Waals surface area contributed by atoms with Crippen molar-refractivity contribution in [3.05, 3.63) is 118 Å². The van der Waals surface area contributed by atoms with E-state index in [1.54, 1.807) is 6.92 Å². The lowest BCUT2D eigenvalue weighted by Crippen LogP contribution is -2.35. The van der Waals surface area contributed by atoms with E-state index in [1.165, 1.54) is 6.07 Å². The van der Waals surface area contributed by atoms with E-state index in [0.29, 0.717) is 30.5 Å². The molecular weight excluding hydrogens is 709 g/mol. The van der Waals surface area contributed by atoms with Crippen LogP contribution in [0, 0.1) is 52.4 Å². The lowest BCUT2D eigenvalue weighted by molar-refractivity contribution is -0.365. The van der Waals surface area contributed by atoms with Crippen molar-refractivity contribution in [3.63, 3.8) is 0 Å². The summed E-state index contributed by atoms with van der Waals surface area (Å²) >= 11 is 0. The zero-order valence-electron chi connectivity index (χ0n) is 24.8. The van der Waals surface area contributed by atoms with Gasteiger partial charge in [0.05, 0.1) is 22.1 Å². The molecule has 0 saturated carbocycles. The van der Waals surface area contributed by atoms with Crippen LogP contribution in [0.5, 0.6) is 0 Å². The molecule has 0 fully saturated rings. The highest BCUT2D eigenvalue weighted by Crippen LogP contribution is 2.42. The topological polar surface area (TPSA) is 9.23 Å². The minimum absolute atomic E-state index is 0.145. The van der Waals surface area contributed by atoms with E-state index in [-0.39, 0.29) is 29.7 Å². The van der Waals surface area contributed by atoms with Crippen LogP contribution in [-0.4, -0.2) is 12.5 Å². The van der Waals surface area contributed by atoms with Crippen LogP contribution in [0.2, 0.25) is 0 Å². The second-order valence-corrected chi connectivity index (χ2v) is 10.9. The molecule has 264 valence electrons. The molecule has 1 nitrogen and oxygen atoms in total. The summed E-state index contributed by atoms with van der Waals surface area (Å²) in [6, 6.07) is 4.12. The molecule has 0 aliphatic rings. The Bertz CT molecular complexity index is 2070. The Morgan fingerprint density at radius 1 is 0.540 bits per heavy atom. The fraction of sp³-hybridized carbons (Fsp3) is 0.176. The number of benzene rings is 5.